The lowest BCUT2D eigenvalue weighted by Crippen LogP contribution is -2.07. The van der Waals surface area contributed by atoms with Gasteiger partial charge in [0.1, 0.15) is 21.8 Å². The normalized spacial score (nSPS) is 10.6. The lowest BCUT2D eigenvalue weighted by molar-refractivity contribution is -0.386. The third kappa shape index (κ3) is 2.04. The zero-order valence-electron chi connectivity index (χ0n) is 9.59. The molecule has 0 saturated carbocycles. The number of halogens is 1. The molecule has 0 fully saturated rings. The van der Waals surface area contributed by atoms with Gasteiger partial charge in [0.25, 0.3) is 5.95 Å². The van der Waals surface area contributed by atoms with Gasteiger partial charge < -0.3 is 5.73 Å². The Morgan fingerprint density at radius 2 is 2.11 bits per heavy atom. The van der Waals surface area contributed by atoms with Crippen LogP contribution in [0.25, 0.3) is 5.95 Å². The van der Waals surface area contributed by atoms with Gasteiger partial charge in [-0.15, -0.1) is 0 Å². The molecule has 9 heteroatoms. The summed E-state index contributed by atoms with van der Waals surface area (Å²) in [6.45, 7) is 3.14. The molecule has 2 aromatic heterocycles. The topological polar surface area (TPSA) is 113 Å². The van der Waals surface area contributed by atoms with E-state index in [1.165, 1.54) is 10.7 Å². The summed E-state index contributed by atoms with van der Waals surface area (Å²) in [6, 6.07) is 1.53. The van der Waals surface area contributed by atoms with Crippen LogP contribution in [-0.2, 0) is 0 Å². The van der Waals surface area contributed by atoms with Crippen molar-refractivity contribution in [3.8, 4) is 5.95 Å². The van der Waals surface area contributed by atoms with Crippen LogP contribution in [0, 0.1) is 24.0 Å². The molecular weight excluding hydrogens is 304 g/mol. The number of aryl methyl sites for hydroxylation is 1. The molecule has 2 heterocycles. The molecule has 18 heavy (non-hydrogen) atoms. The van der Waals surface area contributed by atoms with Gasteiger partial charge in [0.2, 0.25) is 0 Å². The van der Waals surface area contributed by atoms with E-state index in [1.54, 1.807) is 13.8 Å². The van der Waals surface area contributed by atoms with Gasteiger partial charge in [0, 0.05) is 6.07 Å². The summed E-state index contributed by atoms with van der Waals surface area (Å²) in [5.41, 5.74) is 6.21. The average Bonchev–Trinajstić information content (AvgIpc) is 2.52. The van der Waals surface area contributed by atoms with Crippen molar-refractivity contribution >= 4 is 27.4 Å². The first-order chi connectivity index (χ1) is 8.40. The van der Waals surface area contributed by atoms with E-state index in [2.05, 4.69) is 31.0 Å². The summed E-state index contributed by atoms with van der Waals surface area (Å²) in [6.07, 6.45) is 0. The van der Waals surface area contributed by atoms with Crippen molar-refractivity contribution in [2.45, 2.75) is 13.8 Å². The summed E-state index contributed by atoms with van der Waals surface area (Å²) in [7, 11) is 0. The molecule has 0 aromatic carbocycles. The van der Waals surface area contributed by atoms with E-state index in [9.17, 15) is 10.1 Å². The van der Waals surface area contributed by atoms with Gasteiger partial charge in [-0.2, -0.15) is 14.8 Å². The molecule has 0 saturated heterocycles. The fraction of sp³-hybridized carbons (Fsp3) is 0.222. The van der Waals surface area contributed by atoms with E-state index in [-0.39, 0.29) is 17.5 Å². The molecule has 8 nitrogen and oxygen atoms in total. The van der Waals surface area contributed by atoms with Crippen molar-refractivity contribution in [2.24, 2.45) is 0 Å². The van der Waals surface area contributed by atoms with Crippen LogP contribution < -0.4 is 5.73 Å². The molecule has 94 valence electrons. The lowest BCUT2D eigenvalue weighted by atomic mass is 10.3. The monoisotopic (exact) mass is 312 g/mol. The lowest BCUT2D eigenvalue weighted by Gasteiger charge is -2.03. The maximum Gasteiger partial charge on any atom is 0.313 e. The molecule has 2 aromatic rings. The summed E-state index contributed by atoms with van der Waals surface area (Å²) in [5.74, 6) is 0.442. The Labute approximate surface area is 110 Å². The fourth-order valence-electron chi connectivity index (χ4n) is 1.61. The molecule has 0 radical (unpaired) electrons. The number of rotatable bonds is 2. The van der Waals surface area contributed by atoms with Gasteiger partial charge in [0.15, 0.2) is 0 Å². The fourth-order valence-corrected chi connectivity index (χ4v) is 2.00. The van der Waals surface area contributed by atoms with E-state index in [0.717, 1.165) is 0 Å². The molecule has 0 bridgehead atoms. The molecule has 0 aliphatic rings. The number of hydrogen-bond acceptors (Lipinski definition) is 6. The van der Waals surface area contributed by atoms with Crippen molar-refractivity contribution in [3.05, 3.63) is 32.2 Å². The smallest absolute Gasteiger partial charge is 0.313 e. The number of nitrogens with two attached hydrogens (primary N) is 1. The number of nitrogens with zero attached hydrogens (tertiary/aromatic N) is 5. The molecule has 0 atom stereocenters. The minimum Gasteiger partial charge on any atom is -0.383 e. The highest BCUT2D eigenvalue weighted by Crippen LogP contribution is 2.24. The zero-order valence-corrected chi connectivity index (χ0v) is 11.2. The van der Waals surface area contributed by atoms with Crippen molar-refractivity contribution in [1.29, 1.82) is 0 Å². The summed E-state index contributed by atoms with van der Waals surface area (Å²) in [4.78, 5) is 18.5. The van der Waals surface area contributed by atoms with Crippen LogP contribution in [0.5, 0.6) is 0 Å². The SMILES string of the molecule is Cc1nn(-c2nc(N)cc(Br)n2)c(C)c1[N+](=O)[O-]. The van der Waals surface area contributed by atoms with Crippen LogP contribution in [0.3, 0.4) is 0 Å². The second-order valence-electron chi connectivity index (χ2n) is 3.60. The highest BCUT2D eigenvalue weighted by Gasteiger charge is 2.23. The number of aromatic nitrogens is 4. The van der Waals surface area contributed by atoms with Gasteiger partial charge in [0.05, 0.1) is 4.92 Å². The Morgan fingerprint density at radius 3 is 2.61 bits per heavy atom. The predicted molar refractivity (Wildman–Crippen MR) is 67.4 cm³/mol. The molecule has 2 rings (SSSR count). The van der Waals surface area contributed by atoms with Crippen LogP contribution in [0.1, 0.15) is 11.4 Å². The second-order valence-corrected chi connectivity index (χ2v) is 4.42. The van der Waals surface area contributed by atoms with E-state index < -0.39 is 4.92 Å². The second kappa shape index (κ2) is 4.33. The largest absolute Gasteiger partial charge is 0.383 e. The van der Waals surface area contributed by atoms with Crippen molar-refractivity contribution in [2.75, 3.05) is 5.73 Å². The standard InChI is InChI=1S/C9H9BrN6O2/c1-4-8(16(17)18)5(2)15(14-4)9-12-6(10)3-7(11)13-9/h3H,1-2H3,(H2,11,12,13). The van der Waals surface area contributed by atoms with Gasteiger partial charge >= 0.3 is 5.69 Å². The van der Waals surface area contributed by atoms with Crippen LogP contribution in [0.15, 0.2) is 10.7 Å². The van der Waals surface area contributed by atoms with Crippen LogP contribution in [-0.4, -0.2) is 24.7 Å². The Balaban J connectivity index is 2.65. The Hall–Kier alpha value is -2.03. The van der Waals surface area contributed by atoms with Crippen LogP contribution in [0.4, 0.5) is 11.5 Å². The molecule has 0 amide bonds. The highest BCUT2D eigenvalue weighted by molar-refractivity contribution is 9.10. The molecule has 2 N–H and O–H groups in total. The molecule has 0 unspecified atom stereocenters. The molecule has 0 aliphatic heterocycles. The van der Waals surface area contributed by atoms with Gasteiger partial charge in [-0.3, -0.25) is 10.1 Å². The van der Waals surface area contributed by atoms with Crippen molar-refractivity contribution in [3.63, 3.8) is 0 Å². The van der Waals surface area contributed by atoms with Crippen molar-refractivity contribution < 1.29 is 4.92 Å². The van der Waals surface area contributed by atoms with E-state index in [0.29, 0.717) is 16.0 Å². The van der Waals surface area contributed by atoms with E-state index >= 15 is 0 Å². The first-order valence-electron chi connectivity index (χ1n) is 4.91. The maximum atomic E-state index is 10.9. The van der Waals surface area contributed by atoms with Gasteiger partial charge in [-0.25, -0.2) is 4.98 Å². The van der Waals surface area contributed by atoms with Crippen molar-refractivity contribution in [1.82, 2.24) is 19.7 Å². The zero-order chi connectivity index (χ0) is 13.4. The minimum absolute atomic E-state index is 0.0443. The molecule has 0 spiro atoms. The first-order valence-corrected chi connectivity index (χ1v) is 5.70. The summed E-state index contributed by atoms with van der Waals surface area (Å²) in [5, 5.41) is 15.0. The Kier molecular flexibility index (Phi) is 2.99. The third-order valence-corrected chi connectivity index (χ3v) is 2.73. The Bertz CT molecular complexity index is 618. The summed E-state index contributed by atoms with van der Waals surface area (Å²) < 4.78 is 1.79. The van der Waals surface area contributed by atoms with E-state index in [4.69, 9.17) is 5.73 Å². The minimum atomic E-state index is -0.477. The highest BCUT2D eigenvalue weighted by atomic mass is 79.9. The number of hydrogen-bond donors (Lipinski definition) is 1. The summed E-state index contributed by atoms with van der Waals surface area (Å²) >= 11 is 3.18. The van der Waals surface area contributed by atoms with Crippen LogP contribution >= 0.6 is 15.9 Å². The maximum absolute atomic E-state index is 10.9. The Morgan fingerprint density at radius 1 is 1.44 bits per heavy atom. The average molecular weight is 313 g/mol. The first kappa shape index (κ1) is 12.4. The number of nitro groups is 1. The number of anilines is 1. The van der Waals surface area contributed by atoms with Gasteiger partial charge in [-0.05, 0) is 29.8 Å². The molecular formula is C9H9BrN6O2. The predicted octanol–water partition coefficient (Wildman–Crippen LogP) is 1.53. The van der Waals surface area contributed by atoms with E-state index in [1.807, 2.05) is 0 Å². The van der Waals surface area contributed by atoms with Gasteiger partial charge in [-0.1, -0.05) is 0 Å². The molecule has 0 aliphatic carbocycles. The third-order valence-electron chi connectivity index (χ3n) is 2.33. The quantitative estimate of drug-likeness (QED) is 0.511. The number of nitrogen functional groups attached to an aromatic ring is 1. The van der Waals surface area contributed by atoms with Crippen LogP contribution in [0.2, 0.25) is 0 Å².